The van der Waals surface area contributed by atoms with Gasteiger partial charge in [-0.05, 0) is 81.3 Å². The van der Waals surface area contributed by atoms with Crippen molar-refractivity contribution in [1.29, 1.82) is 5.26 Å². The smallest absolute Gasteiger partial charge is 0.408 e. The molecule has 2 saturated heterocycles. The van der Waals surface area contributed by atoms with Gasteiger partial charge in [0.25, 0.3) is 0 Å². The van der Waals surface area contributed by atoms with E-state index in [1.54, 1.807) is 33.2 Å². The van der Waals surface area contributed by atoms with E-state index >= 15 is 0 Å². The highest BCUT2D eigenvalue weighted by molar-refractivity contribution is 5.82. The van der Waals surface area contributed by atoms with Crippen molar-refractivity contribution in [3.63, 3.8) is 0 Å². The standard InChI is InChI=1S/C34H43N7O5/c1-34(2,3)46-33(43)37-22-32(42)40-13-7-24(8-14-40)9-15-41-23-28(21-38-41)39-31-19-26(6-12-36-31)25-4-5-30(27(18-25)20-35)45-29-10-16-44-17-11-29/h4-6,12,18-19,21,23-24,29H,7-11,13-17,22H2,1-3H3,(H,36,39)(H,37,43). The van der Waals surface area contributed by atoms with Crippen molar-refractivity contribution in [3.05, 3.63) is 54.5 Å². The molecule has 0 spiro atoms. The summed E-state index contributed by atoms with van der Waals surface area (Å²) in [6.07, 6.45) is 9.40. The SMILES string of the molecule is CC(C)(C)OC(=O)NCC(=O)N1CCC(CCn2cc(Nc3cc(-c4ccc(OC5CCOCC5)c(C#N)c4)ccn3)cn2)CC1. The first-order valence-electron chi connectivity index (χ1n) is 15.9. The third kappa shape index (κ3) is 9.44. The molecular formula is C34H43N7O5. The molecule has 2 aliphatic heterocycles. The zero-order chi connectivity index (χ0) is 32.5. The molecule has 12 heteroatoms. The molecule has 0 saturated carbocycles. The Labute approximate surface area is 270 Å². The summed E-state index contributed by atoms with van der Waals surface area (Å²) in [7, 11) is 0. The fourth-order valence-corrected chi connectivity index (χ4v) is 5.61. The Morgan fingerprint density at radius 2 is 1.85 bits per heavy atom. The van der Waals surface area contributed by atoms with Crippen LogP contribution < -0.4 is 15.4 Å². The normalized spacial score (nSPS) is 16.0. The average Bonchev–Trinajstić information content (AvgIpc) is 3.50. The van der Waals surface area contributed by atoms with E-state index in [1.807, 2.05) is 46.1 Å². The molecule has 0 atom stereocenters. The lowest BCUT2D eigenvalue weighted by Gasteiger charge is -2.32. The number of carbonyl (C=O) groups is 2. The fourth-order valence-electron chi connectivity index (χ4n) is 5.61. The molecule has 5 rings (SSSR count). The van der Waals surface area contributed by atoms with Gasteiger partial charge in [0.15, 0.2) is 0 Å². The molecular weight excluding hydrogens is 586 g/mol. The van der Waals surface area contributed by atoms with Crippen molar-refractivity contribution >= 4 is 23.5 Å². The molecule has 244 valence electrons. The van der Waals surface area contributed by atoms with Gasteiger partial charge >= 0.3 is 6.09 Å². The van der Waals surface area contributed by atoms with Crippen LogP contribution in [0, 0.1) is 17.2 Å². The van der Waals surface area contributed by atoms with Crippen LogP contribution in [0.1, 0.15) is 58.4 Å². The summed E-state index contributed by atoms with van der Waals surface area (Å²) in [5.41, 5.74) is 2.58. The molecule has 0 aliphatic carbocycles. The fraction of sp³-hybridized carbons (Fsp3) is 0.500. The third-order valence-corrected chi connectivity index (χ3v) is 8.08. The number of ether oxygens (including phenoxy) is 3. The number of aromatic nitrogens is 3. The van der Waals surface area contributed by atoms with Crippen LogP contribution in [0.15, 0.2) is 48.9 Å². The Morgan fingerprint density at radius 1 is 1.09 bits per heavy atom. The van der Waals surface area contributed by atoms with Crippen molar-refractivity contribution in [3.8, 4) is 22.9 Å². The quantitative estimate of drug-likeness (QED) is 0.306. The number of nitriles is 1. The van der Waals surface area contributed by atoms with Crippen LogP contribution >= 0.6 is 0 Å². The van der Waals surface area contributed by atoms with E-state index in [1.165, 1.54) is 0 Å². The lowest BCUT2D eigenvalue weighted by molar-refractivity contribution is -0.131. The van der Waals surface area contributed by atoms with Crippen LogP contribution in [0.25, 0.3) is 11.1 Å². The van der Waals surface area contributed by atoms with Crippen LogP contribution in [0.2, 0.25) is 0 Å². The first-order valence-corrected chi connectivity index (χ1v) is 15.9. The number of nitrogens with one attached hydrogen (secondary N) is 2. The Morgan fingerprint density at radius 3 is 2.59 bits per heavy atom. The lowest BCUT2D eigenvalue weighted by Crippen LogP contribution is -2.45. The average molecular weight is 630 g/mol. The second kappa shape index (κ2) is 15.1. The highest BCUT2D eigenvalue weighted by Gasteiger charge is 2.24. The predicted molar refractivity (Wildman–Crippen MR) is 173 cm³/mol. The molecule has 12 nitrogen and oxygen atoms in total. The monoisotopic (exact) mass is 629 g/mol. The second-order valence-electron chi connectivity index (χ2n) is 12.8. The van der Waals surface area contributed by atoms with E-state index in [-0.39, 0.29) is 18.6 Å². The van der Waals surface area contributed by atoms with Crippen LogP contribution in [-0.4, -0.2) is 76.2 Å². The summed E-state index contributed by atoms with van der Waals surface area (Å²) in [5, 5.41) is 20.2. The Bertz CT molecular complexity index is 1530. The van der Waals surface area contributed by atoms with Gasteiger partial charge in [-0.25, -0.2) is 9.78 Å². The van der Waals surface area contributed by atoms with Gasteiger partial charge in [-0.2, -0.15) is 10.4 Å². The summed E-state index contributed by atoms with van der Waals surface area (Å²) in [5.74, 6) is 1.68. The number of amides is 2. The van der Waals surface area contributed by atoms with Gasteiger partial charge in [0.2, 0.25) is 5.91 Å². The van der Waals surface area contributed by atoms with Gasteiger partial charge in [-0.1, -0.05) is 6.07 Å². The molecule has 2 fully saturated rings. The molecule has 1 aromatic carbocycles. The van der Waals surface area contributed by atoms with E-state index in [2.05, 4.69) is 26.8 Å². The number of nitrogens with zero attached hydrogens (tertiary/aromatic N) is 5. The number of carbonyl (C=O) groups excluding carboxylic acids is 2. The van der Waals surface area contributed by atoms with Crippen LogP contribution in [0.4, 0.5) is 16.3 Å². The van der Waals surface area contributed by atoms with Crippen molar-refractivity contribution in [2.75, 3.05) is 38.2 Å². The van der Waals surface area contributed by atoms with E-state index < -0.39 is 11.7 Å². The number of hydrogen-bond donors (Lipinski definition) is 2. The van der Waals surface area contributed by atoms with E-state index in [0.29, 0.717) is 49.4 Å². The van der Waals surface area contributed by atoms with Crippen molar-refractivity contribution in [2.24, 2.45) is 5.92 Å². The molecule has 3 aromatic rings. The summed E-state index contributed by atoms with van der Waals surface area (Å²) < 4.78 is 18.6. The maximum atomic E-state index is 12.5. The van der Waals surface area contributed by atoms with Gasteiger partial charge in [-0.3, -0.25) is 9.48 Å². The van der Waals surface area contributed by atoms with Crippen LogP contribution in [-0.2, 0) is 20.8 Å². The number of rotatable bonds is 10. The first kappa shape index (κ1) is 32.8. The summed E-state index contributed by atoms with van der Waals surface area (Å²) in [6.45, 7) is 8.78. The zero-order valence-corrected chi connectivity index (χ0v) is 26.8. The van der Waals surface area contributed by atoms with Crippen LogP contribution in [0.5, 0.6) is 5.75 Å². The van der Waals surface area contributed by atoms with Gasteiger partial charge in [0.05, 0.1) is 30.7 Å². The van der Waals surface area contributed by atoms with Gasteiger partial charge in [0, 0.05) is 44.9 Å². The minimum atomic E-state index is -0.600. The van der Waals surface area contributed by atoms with E-state index in [4.69, 9.17) is 14.2 Å². The predicted octanol–water partition coefficient (Wildman–Crippen LogP) is 5.27. The maximum absolute atomic E-state index is 12.5. The summed E-state index contributed by atoms with van der Waals surface area (Å²) in [6, 6.07) is 11.8. The number of benzene rings is 1. The third-order valence-electron chi connectivity index (χ3n) is 8.08. The molecule has 2 amide bonds. The molecule has 0 radical (unpaired) electrons. The van der Waals surface area contributed by atoms with Crippen molar-refractivity contribution in [2.45, 2.75) is 71.1 Å². The minimum Gasteiger partial charge on any atom is -0.489 e. The number of aryl methyl sites for hydroxylation is 1. The zero-order valence-electron chi connectivity index (χ0n) is 26.8. The molecule has 2 N–H and O–H groups in total. The highest BCUT2D eigenvalue weighted by atomic mass is 16.6. The van der Waals surface area contributed by atoms with E-state index in [9.17, 15) is 14.9 Å². The largest absolute Gasteiger partial charge is 0.489 e. The molecule has 0 bridgehead atoms. The highest BCUT2D eigenvalue weighted by Crippen LogP contribution is 2.30. The Kier molecular flexibility index (Phi) is 10.8. The van der Waals surface area contributed by atoms with E-state index in [0.717, 1.165) is 55.5 Å². The molecule has 2 aromatic heterocycles. The molecule has 2 aliphatic rings. The lowest BCUT2D eigenvalue weighted by atomic mass is 9.93. The Balaban J connectivity index is 1.08. The number of hydrogen-bond acceptors (Lipinski definition) is 9. The van der Waals surface area contributed by atoms with Crippen molar-refractivity contribution < 1.29 is 23.8 Å². The summed E-state index contributed by atoms with van der Waals surface area (Å²) >= 11 is 0. The molecule has 46 heavy (non-hydrogen) atoms. The van der Waals surface area contributed by atoms with Gasteiger partial charge in [-0.15, -0.1) is 0 Å². The molecule has 0 unspecified atom stereocenters. The first-order chi connectivity index (χ1) is 22.1. The number of likely N-dealkylation sites (tertiary alicyclic amines) is 1. The Hall–Kier alpha value is -4.63. The van der Waals surface area contributed by atoms with Gasteiger partial charge < -0.3 is 29.7 Å². The van der Waals surface area contributed by atoms with Crippen molar-refractivity contribution in [1.82, 2.24) is 25.0 Å². The number of anilines is 2. The maximum Gasteiger partial charge on any atom is 0.408 e. The van der Waals surface area contributed by atoms with Gasteiger partial charge in [0.1, 0.15) is 35.9 Å². The minimum absolute atomic E-state index is 0.0561. The van der Waals surface area contributed by atoms with Crippen LogP contribution in [0.3, 0.4) is 0 Å². The second-order valence-corrected chi connectivity index (χ2v) is 12.8. The topological polar surface area (TPSA) is 144 Å². The molecule has 4 heterocycles. The summed E-state index contributed by atoms with van der Waals surface area (Å²) in [4.78, 5) is 30.7. The number of piperidine rings is 1. The number of alkyl carbamates (subject to hydrolysis) is 1. The number of pyridine rings is 1.